The molecule has 0 radical (unpaired) electrons. The molecule has 1 fully saturated rings. The van der Waals surface area contributed by atoms with Crippen LogP contribution in [-0.2, 0) is 16.0 Å². The van der Waals surface area contributed by atoms with Crippen LogP contribution in [0.2, 0.25) is 0 Å². The number of carboxylic acid groups (broad SMARTS) is 1. The maximum Gasteiger partial charge on any atom is 0.213 e. The second-order valence-electron chi connectivity index (χ2n) is 5.49. The van der Waals surface area contributed by atoms with Crippen molar-refractivity contribution in [2.75, 3.05) is 31.2 Å². The van der Waals surface area contributed by atoms with Gasteiger partial charge in [0.05, 0.1) is 19.2 Å². The molecule has 1 aliphatic heterocycles. The Morgan fingerprint density at radius 1 is 1.44 bits per heavy atom. The molecule has 0 unspecified atom stereocenters. The van der Waals surface area contributed by atoms with Crippen molar-refractivity contribution < 1.29 is 19.1 Å². The number of nitrogens with zero attached hydrogens (tertiary/aromatic N) is 3. The number of H-pyrrole nitrogens is 1. The van der Waals surface area contributed by atoms with E-state index in [1.807, 2.05) is 13.0 Å². The molecule has 134 valence electrons. The van der Waals surface area contributed by atoms with Crippen LogP contribution in [0.1, 0.15) is 24.9 Å². The van der Waals surface area contributed by atoms with Crippen molar-refractivity contribution >= 4 is 29.7 Å². The van der Waals surface area contributed by atoms with E-state index in [0.717, 1.165) is 43.5 Å². The Bertz CT molecular complexity index is 749. The monoisotopic (exact) mass is 363 g/mol. The number of carbonyl (C=O) groups is 1. The molecule has 0 aromatic carbocycles. The van der Waals surface area contributed by atoms with Crippen molar-refractivity contribution in [1.29, 1.82) is 0 Å². The first-order chi connectivity index (χ1) is 12.2. The number of morpholine rings is 1. The third-order valence-corrected chi connectivity index (χ3v) is 4.48. The second-order valence-corrected chi connectivity index (χ2v) is 6.50. The fourth-order valence-electron chi connectivity index (χ4n) is 2.40. The summed E-state index contributed by atoms with van der Waals surface area (Å²) in [5, 5.41) is 18.6. The molecule has 25 heavy (non-hydrogen) atoms. The number of aromatic amines is 1. The number of carboxylic acids is 1. The van der Waals surface area contributed by atoms with Gasteiger partial charge >= 0.3 is 0 Å². The summed E-state index contributed by atoms with van der Waals surface area (Å²) >= 11 is 0.935. The number of aromatic nitrogens is 3. The van der Waals surface area contributed by atoms with E-state index in [2.05, 4.69) is 20.1 Å². The smallest absolute Gasteiger partial charge is 0.213 e. The van der Waals surface area contributed by atoms with E-state index >= 15 is 0 Å². The molecule has 3 rings (SSSR count). The highest BCUT2D eigenvalue weighted by Gasteiger charge is 2.15. The molecule has 1 saturated heterocycles. The third kappa shape index (κ3) is 4.64. The molecule has 0 bridgehead atoms. The SMILES string of the molecule is CCCc1nc(S/C(=C/c2ccc(N3CCOCC3)o2)C(=O)[O-])n[nH]1. The minimum absolute atomic E-state index is 0.00933. The Kier molecular flexibility index (Phi) is 5.77. The molecule has 0 saturated carbocycles. The zero-order valence-electron chi connectivity index (χ0n) is 13.9. The number of rotatable bonds is 7. The summed E-state index contributed by atoms with van der Waals surface area (Å²) in [6, 6.07) is 3.55. The molecule has 1 N–H and O–H groups in total. The Morgan fingerprint density at radius 2 is 2.24 bits per heavy atom. The molecule has 0 spiro atoms. The number of anilines is 1. The highest BCUT2D eigenvalue weighted by atomic mass is 32.2. The van der Waals surface area contributed by atoms with Crippen molar-refractivity contribution in [2.45, 2.75) is 24.9 Å². The van der Waals surface area contributed by atoms with Crippen LogP contribution in [0.5, 0.6) is 0 Å². The predicted molar refractivity (Wildman–Crippen MR) is 91.0 cm³/mol. The Labute approximate surface area is 149 Å². The normalized spacial score (nSPS) is 15.6. The van der Waals surface area contributed by atoms with Crippen molar-refractivity contribution in [2.24, 2.45) is 0 Å². The minimum atomic E-state index is -1.30. The molecule has 2 aromatic rings. The number of hydrogen-bond acceptors (Lipinski definition) is 8. The van der Waals surface area contributed by atoms with Gasteiger partial charge in [0, 0.05) is 30.5 Å². The van der Waals surface area contributed by atoms with E-state index in [-0.39, 0.29) is 4.91 Å². The second kappa shape index (κ2) is 8.21. The van der Waals surface area contributed by atoms with Crippen LogP contribution in [0.15, 0.2) is 26.6 Å². The molecule has 1 aliphatic rings. The van der Waals surface area contributed by atoms with Crippen LogP contribution >= 0.6 is 11.8 Å². The van der Waals surface area contributed by atoms with Crippen molar-refractivity contribution in [3.63, 3.8) is 0 Å². The number of carbonyl (C=O) groups excluding carboxylic acids is 1. The van der Waals surface area contributed by atoms with Crippen LogP contribution in [0.4, 0.5) is 5.88 Å². The topological polar surface area (TPSA) is 107 Å². The highest BCUT2D eigenvalue weighted by molar-refractivity contribution is 8.04. The lowest BCUT2D eigenvalue weighted by molar-refractivity contribution is -0.298. The molecule has 0 aliphatic carbocycles. The molecule has 0 atom stereocenters. The van der Waals surface area contributed by atoms with Crippen LogP contribution in [0.3, 0.4) is 0 Å². The number of ether oxygens (including phenoxy) is 1. The summed E-state index contributed by atoms with van der Waals surface area (Å²) in [4.78, 5) is 17.7. The lowest BCUT2D eigenvalue weighted by Crippen LogP contribution is -2.35. The van der Waals surface area contributed by atoms with Gasteiger partial charge in [0.15, 0.2) is 5.88 Å². The number of furan rings is 1. The average molecular weight is 363 g/mol. The van der Waals surface area contributed by atoms with E-state index in [1.54, 1.807) is 6.07 Å². The largest absolute Gasteiger partial charge is 0.544 e. The van der Waals surface area contributed by atoms with Gasteiger partial charge in [-0.15, -0.1) is 5.10 Å². The molecule has 8 nitrogen and oxygen atoms in total. The Morgan fingerprint density at radius 3 is 2.96 bits per heavy atom. The van der Waals surface area contributed by atoms with Crippen LogP contribution < -0.4 is 10.0 Å². The molecular weight excluding hydrogens is 344 g/mol. The molecular formula is C16H19N4O4S-. The van der Waals surface area contributed by atoms with E-state index in [0.29, 0.717) is 30.0 Å². The maximum atomic E-state index is 11.4. The van der Waals surface area contributed by atoms with E-state index in [4.69, 9.17) is 9.15 Å². The summed E-state index contributed by atoms with van der Waals surface area (Å²) in [6.07, 6.45) is 3.12. The quantitative estimate of drug-likeness (QED) is 0.575. The van der Waals surface area contributed by atoms with Gasteiger partial charge in [-0.1, -0.05) is 6.92 Å². The number of thioether (sulfide) groups is 1. The third-order valence-electron chi connectivity index (χ3n) is 3.61. The summed E-state index contributed by atoms with van der Waals surface area (Å²) in [7, 11) is 0. The number of nitrogens with one attached hydrogen (secondary N) is 1. The molecule has 3 heterocycles. The Balaban J connectivity index is 1.73. The van der Waals surface area contributed by atoms with Crippen molar-refractivity contribution in [3.05, 3.63) is 28.6 Å². The van der Waals surface area contributed by atoms with Crippen LogP contribution in [-0.4, -0.2) is 47.5 Å². The summed E-state index contributed by atoms with van der Waals surface area (Å²) < 4.78 is 11.0. The number of aryl methyl sites for hydroxylation is 1. The van der Waals surface area contributed by atoms with Crippen LogP contribution in [0.25, 0.3) is 6.08 Å². The van der Waals surface area contributed by atoms with Gasteiger partial charge in [0.1, 0.15) is 11.6 Å². The lowest BCUT2D eigenvalue weighted by Gasteiger charge is -2.26. The maximum absolute atomic E-state index is 11.4. The van der Waals surface area contributed by atoms with Gasteiger partial charge in [-0.3, -0.25) is 5.10 Å². The predicted octanol–water partition coefficient (Wildman–Crippen LogP) is 1.07. The Hall–Kier alpha value is -2.26. The average Bonchev–Trinajstić information content (AvgIpc) is 3.25. The van der Waals surface area contributed by atoms with Crippen LogP contribution in [0, 0.1) is 0 Å². The summed E-state index contributed by atoms with van der Waals surface area (Å²) in [5.74, 6) is 0.573. The minimum Gasteiger partial charge on any atom is -0.544 e. The number of hydrogen-bond donors (Lipinski definition) is 1. The van der Waals surface area contributed by atoms with E-state index in [9.17, 15) is 9.90 Å². The summed E-state index contributed by atoms with van der Waals surface area (Å²) in [6.45, 7) is 4.82. The van der Waals surface area contributed by atoms with Gasteiger partial charge in [-0.05, 0) is 30.3 Å². The lowest BCUT2D eigenvalue weighted by atomic mass is 10.3. The number of aliphatic carboxylic acids is 1. The zero-order valence-corrected chi connectivity index (χ0v) is 14.7. The van der Waals surface area contributed by atoms with Gasteiger partial charge < -0.3 is 24.0 Å². The van der Waals surface area contributed by atoms with E-state index < -0.39 is 5.97 Å². The van der Waals surface area contributed by atoms with Gasteiger partial charge in [0.25, 0.3) is 0 Å². The first kappa shape index (κ1) is 17.6. The summed E-state index contributed by atoms with van der Waals surface area (Å²) in [5.41, 5.74) is 0. The van der Waals surface area contributed by atoms with E-state index in [1.165, 1.54) is 6.08 Å². The first-order valence-electron chi connectivity index (χ1n) is 8.10. The van der Waals surface area contributed by atoms with Crippen molar-refractivity contribution in [3.8, 4) is 0 Å². The molecule has 9 heteroatoms. The van der Waals surface area contributed by atoms with Gasteiger partial charge in [0.2, 0.25) is 5.16 Å². The fourth-order valence-corrected chi connectivity index (χ4v) is 3.11. The molecule has 0 amide bonds. The van der Waals surface area contributed by atoms with Crippen molar-refractivity contribution in [1.82, 2.24) is 15.2 Å². The molecule has 2 aromatic heterocycles. The fraction of sp³-hybridized carbons (Fsp3) is 0.438. The standard InChI is InChI=1S/C16H20N4O4S/c1-2-3-13-17-16(19-18-13)25-12(15(21)22)10-11-4-5-14(24-11)20-6-8-23-9-7-20/h4-5,10H,2-3,6-9H2,1H3,(H,21,22)(H,17,18,19)/p-1/b12-10+. The first-order valence-corrected chi connectivity index (χ1v) is 8.92. The van der Waals surface area contributed by atoms with Gasteiger partial charge in [-0.25, -0.2) is 4.98 Å². The highest BCUT2D eigenvalue weighted by Crippen LogP contribution is 2.27. The van der Waals surface area contributed by atoms with Gasteiger partial charge in [-0.2, -0.15) is 0 Å². The zero-order chi connectivity index (χ0) is 17.6.